The predicted octanol–water partition coefficient (Wildman–Crippen LogP) is 2.36. The number of alkyl halides is 1. The van der Waals surface area contributed by atoms with Crippen LogP contribution in [0.5, 0.6) is 0 Å². The third kappa shape index (κ3) is 4.40. The monoisotopic (exact) mass is 462 g/mol. The van der Waals surface area contributed by atoms with Crippen molar-refractivity contribution in [3.05, 3.63) is 63.8 Å². The van der Waals surface area contributed by atoms with Crippen LogP contribution < -0.4 is 15.8 Å². The maximum Gasteiger partial charge on any atom is 0.270 e. The molecule has 176 valence electrons. The van der Waals surface area contributed by atoms with Crippen molar-refractivity contribution in [3.8, 4) is 0 Å². The summed E-state index contributed by atoms with van der Waals surface area (Å²) in [4.78, 5) is 41.0. The Hall–Kier alpha value is -3.33. The Morgan fingerprint density at radius 3 is 2.59 bits per heavy atom. The second-order valence-electron chi connectivity index (χ2n) is 9.60. The molecule has 2 atom stereocenters. The molecule has 2 N–H and O–H groups in total. The molecule has 1 amide bonds. The lowest BCUT2D eigenvalue weighted by atomic mass is 10.1. The number of nitrogens with one attached hydrogen (secondary N) is 2. The predicted molar refractivity (Wildman–Crippen MR) is 127 cm³/mol. The van der Waals surface area contributed by atoms with Crippen molar-refractivity contribution in [2.24, 2.45) is 0 Å². The van der Waals surface area contributed by atoms with Gasteiger partial charge in [0, 0.05) is 50.9 Å². The van der Waals surface area contributed by atoms with Crippen LogP contribution in [-0.4, -0.2) is 64.2 Å². The number of hydrogen-bond acceptors (Lipinski definition) is 6. The Labute approximate surface area is 196 Å². The largest absolute Gasteiger partial charge is 0.368 e. The van der Waals surface area contributed by atoms with E-state index in [9.17, 15) is 14.0 Å². The van der Waals surface area contributed by atoms with Gasteiger partial charge in [-0.15, -0.1) is 0 Å². The zero-order valence-corrected chi connectivity index (χ0v) is 18.8. The first-order valence-electron chi connectivity index (χ1n) is 11.9. The molecule has 3 aromatic rings. The van der Waals surface area contributed by atoms with Gasteiger partial charge in [-0.3, -0.25) is 19.5 Å². The van der Waals surface area contributed by atoms with Crippen LogP contribution in [0.15, 0.2) is 41.5 Å². The normalized spacial score (nSPS) is 22.7. The van der Waals surface area contributed by atoms with E-state index in [2.05, 4.69) is 30.1 Å². The smallest absolute Gasteiger partial charge is 0.270 e. The summed E-state index contributed by atoms with van der Waals surface area (Å²) in [5.74, 6) is 0.0805. The third-order valence-corrected chi connectivity index (χ3v) is 6.95. The Bertz CT molecular complexity index is 1280. The van der Waals surface area contributed by atoms with Gasteiger partial charge in [0.2, 0.25) is 0 Å². The van der Waals surface area contributed by atoms with E-state index in [1.165, 1.54) is 0 Å². The number of aromatic nitrogens is 3. The van der Waals surface area contributed by atoms with Crippen LogP contribution >= 0.6 is 0 Å². The molecule has 3 aliphatic rings. The number of nitrogens with zero attached hydrogens (tertiary/aromatic N) is 4. The lowest BCUT2D eigenvalue weighted by Crippen LogP contribution is -2.46. The van der Waals surface area contributed by atoms with Gasteiger partial charge >= 0.3 is 0 Å². The van der Waals surface area contributed by atoms with Gasteiger partial charge in [0.25, 0.3) is 11.5 Å². The molecule has 1 aliphatic heterocycles. The van der Waals surface area contributed by atoms with Gasteiger partial charge in [-0.05, 0) is 48.6 Å². The van der Waals surface area contributed by atoms with E-state index in [-0.39, 0.29) is 17.5 Å². The lowest BCUT2D eigenvalue weighted by molar-refractivity contribution is 0.0942. The number of carbonyl (C=O) groups is 1. The zero-order valence-electron chi connectivity index (χ0n) is 18.8. The fraction of sp³-hybridized carbons (Fsp3) is 0.440. The first-order valence-corrected chi connectivity index (χ1v) is 11.9. The summed E-state index contributed by atoms with van der Waals surface area (Å²) in [7, 11) is 0. The zero-order chi connectivity index (χ0) is 23.2. The number of rotatable bonds is 6. The third-order valence-electron chi connectivity index (χ3n) is 6.95. The number of H-pyrrole nitrogens is 1. The second kappa shape index (κ2) is 8.47. The molecule has 0 aromatic carbocycles. The topological polar surface area (TPSA) is 94.2 Å². The highest BCUT2D eigenvalue weighted by molar-refractivity contribution is 5.93. The van der Waals surface area contributed by atoms with Gasteiger partial charge < -0.3 is 15.2 Å². The van der Waals surface area contributed by atoms with E-state index in [0.717, 1.165) is 73.4 Å². The number of carbonyl (C=O) groups excluding carboxylic acids is 1. The van der Waals surface area contributed by atoms with Crippen LogP contribution in [0.1, 0.15) is 46.8 Å². The minimum atomic E-state index is -0.924. The molecular formula is C25H27FN6O2. The molecule has 0 spiro atoms. The average molecular weight is 463 g/mol. The van der Waals surface area contributed by atoms with Crippen LogP contribution in [0, 0.1) is 0 Å². The van der Waals surface area contributed by atoms with Crippen LogP contribution in [0.2, 0.25) is 0 Å². The summed E-state index contributed by atoms with van der Waals surface area (Å²) in [6.07, 6.45) is 5.27. The molecule has 8 nitrogen and oxygen atoms in total. The Balaban J connectivity index is 1.05. The molecule has 3 fully saturated rings. The number of piperazine rings is 1. The number of anilines is 1. The summed E-state index contributed by atoms with van der Waals surface area (Å²) >= 11 is 0. The van der Waals surface area contributed by atoms with Gasteiger partial charge in [0.15, 0.2) is 0 Å². The fourth-order valence-corrected chi connectivity index (χ4v) is 4.61. The molecule has 0 bridgehead atoms. The van der Waals surface area contributed by atoms with E-state index in [1.807, 2.05) is 24.4 Å². The van der Waals surface area contributed by atoms with Crippen molar-refractivity contribution < 1.29 is 9.18 Å². The van der Waals surface area contributed by atoms with Gasteiger partial charge in [-0.1, -0.05) is 0 Å². The van der Waals surface area contributed by atoms with E-state index in [1.54, 1.807) is 12.3 Å². The number of amides is 1. The van der Waals surface area contributed by atoms with Gasteiger partial charge in [0.05, 0.1) is 29.0 Å². The number of fused-ring (bicyclic) bond motifs is 1. The Morgan fingerprint density at radius 2 is 1.91 bits per heavy atom. The fourth-order valence-electron chi connectivity index (χ4n) is 4.61. The summed E-state index contributed by atoms with van der Waals surface area (Å²) in [5.41, 5.74) is 4.89. The van der Waals surface area contributed by atoms with Crippen molar-refractivity contribution in [2.45, 2.75) is 43.9 Å². The maximum absolute atomic E-state index is 13.0. The lowest BCUT2D eigenvalue weighted by Gasteiger charge is -2.36. The van der Waals surface area contributed by atoms with Crippen molar-refractivity contribution in [1.82, 2.24) is 25.2 Å². The molecule has 2 saturated carbocycles. The standard InChI is InChI=1S/C25H27FN6O2/c26-19-11-21(19)29-25(34)20-4-3-17(13-28-20)32-7-5-31(6-8-32)14-15-9-23-22(27-12-15)10-18(16-1-2-16)24(33)30-23/h3-4,9-10,12-13,16,19,21H,1-2,5-8,11,14H2,(H,29,34)(H,30,33)/t19-,21-/m0/s1. The molecule has 0 radical (unpaired) electrons. The Kier molecular flexibility index (Phi) is 5.28. The van der Waals surface area contributed by atoms with Gasteiger partial charge in [-0.25, -0.2) is 9.37 Å². The average Bonchev–Trinajstić information content (AvgIpc) is 3.78. The molecule has 1 saturated heterocycles. The molecular weight excluding hydrogens is 435 g/mol. The highest BCUT2D eigenvalue weighted by Crippen LogP contribution is 2.38. The second-order valence-corrected chi connectivity index (χ2v) is 9.60. The van der Waals surface area contributed by atoms with Crippen LogP contribution in [0.3, 0.4) is 0 Å². The van der Waals surface area contributed by atoms with Gasteiger partial charge in [-0.2, -0.15) is 0 Å². The highest BCUT2D eigenvalue weighted by atomic mass is 19.1. The molecule has 4 heterocycles. The van der Waals surface area contributed by atoms with Crippen LogP contribution in [0.25, 0.3) is 11.0 Å². The molecule has 2 aliphatic carbocycles. The molecule has 34 heavy (non-hydrogen) atoms. The Morgan fingerprint density at radius 1 is 1.12 bits per heavy atom. The molecule has 6 rings (SSSR count). The van der Waals surface area contributed by atoms with Crippen molar-refractivity contribution in [2.75, 3.05) is 31.1 Å². The summed E-state index contributed by atoms with van der Waals surface area (Å²) in [6.45, 7) is 4.24. The van der Waals surface area contributed by atoms with E-state index in [0.29, 0.717) is 18.0 Å². The first-order chi connectivity index (χ1) is 16.5. The first kappa shape index (κ1) is 21.2. The SMILES string of the molecule is O=C(N[C@H]1C[C@@H]1F)c1ccc(N2CCN(Cc3cnc4cc(C5CC5)c(=O)[nH]c4c3)CC2)cn1. The van der Waals surface area contributed by atoms with E-state index >= 15 is 0 Å². The van der Waals surface area contributed by atoms with Crippen LogP contribution in [-0.2, 0) is 6.54 Å². The van der Waals surface area contributed by atoms with Gasteiger partial charge in [0.1, 0.15) is 11.9 Å². The number of halogens is 1. The number of pyridine rings is 3. The minimum Gasteiger partial charge on any atom is -0.368 e. The quantitative estimate of drug-likeness (QED) is 0.584. The van der Waals surface area contributed by atoms with E-state index in [4.69, 9.17) is 0 Å². The number of aromatic amines is 1. The summed E-state index contributed by atoms with van der Waals surface area (Å²) in [5, 5.41) is 2.65. The maximum atomic E-state index is 13.0. The van der Waals surface area contributed by atoms with E-state index < -0.39 is 6.17 Å². The molecule has 9 heteroatoms. The summed E-state index contributed by atoms with van der Waals surface area (Å²) < 4.78 is 13.0. The van der Waals surface area contributed by atoms with Crippen molar-refractivity contribution >= 4 is 22.6 Å². The van der Waals surface area contributed by atoms with Crippen molar-refractivity contribution in [3.63, 3.8) is 0 Å². The van der Waals surface area contributed by atoms with Crippen molar-refractivity contribution in [1.29, 1.82) is 0 Å². The molecule has 0 unspecified atom stereocenters. The molecule has 3 aromatic heterocycles. The number of hydrogen-bond donors (Lipinski definition) is 2. The minimum absolute atomic E-state index is 0.0128. The van der Waals surface area contributed by atoms with Crippen LogP contribution in [0.4, 0.5) is 10.1 Å². The highest BCUT2D eigenvalue weighted by Gasteiger charge is 2.39. The summed E-state index contributed by atoms with van der Waals surface area (Å²) in [6, 6.07) is 7.22.